The third kappa shape index (κ3) is 2.69. The van der Waals surface area contributed by atoms with Crippen LogP contribution in [-0.4, -0.2) is 11.1 Å². The Hall–Kier alpha value is -2.29. The smallest absolute Gasteiger partial charge is 0.335 e. The quantitative estimate of drug-likeness (QED) is 0.888. The number of aryl methyl sites for hydroxylation is 1. The average molecular weight is 242 g/mol. The lowest BCUT2D eigenvalue weighted by Crippen LogP contribution is -2.01. The molecule has 0 aliphatic carbocycles. The second-order valence-corrected chi connectivity index (χ2v) is 3.89. The van der Waals surface area contributed by atoms with Crippen molar-refractivity contribution in [3.05, 3.63) is 59.7 Å². The van der Waals surface area contributed by atoms with E-state index < -0.39 is 5.97 Å². The van der Waals surface area contributed by atoms with Gasteiger partial charge < -0.3 is 9.84 Å². The number of para-hydroxylation sites is 1. The zero-order valence-electron chi connectivity index (χ0n) is 10.1. The van der Waals surface area contributed by atoms with Crippen molar-refractivity contribution in [2.75, 3.05) is 0 Å². The maximum absolute atomic E-state index is 11.0. The molecule has 0 heterocycles. The second kappa shape index (κ2) is 5.36. The Labute approximate surface area is 106 Å². The van der Waals surface area contributed by atoms with E-state index in [1.807, 2.05) is 37.3 Å². The van der Waals surface area contributed by atoms with Gasteiger partial charge >= 0.3 is 5.97 Å². The number of carboxylic acid groups (broad SMARTS) is 1. The van der Waals surface area contributed by atoms with Crippen LogP contribution in [0.5, 0.6) is 11.5 Å². The third-order valence-electron chi connectivity index (χ3n) is 2.67. The fraction of sp³-hybridized carbons (Fsp3) is 0.133. The molecule has 0 spiro atoms. The Kier molecular flexibility index (Phi) is 3.63. The van der Waals surface area contributed by atoms with Gasteiger partial charge in [0.05, 0.1) is 5.56 Å². The lowest BCUT2D eigenvalue weighted by atomic mass is 10.1. The van der Waals surface area contributed by atoms with Crippen molar-refractivity contribution in [3.63, 3.8) is 0 Å². The minimum absolute atomic E-state index is 0.331. The van der Waals surface area contributed by atoms with Gasteiger partial charge in [0.25, 0.3) is 0 Å². The number of ether oxygens (including phenoxy) is 1. The maximum atomic E-state index is 11.0. The summed E-state index contributed by atoms with van der Waals surface area (Å²) in [5.74, 6) is 0.490. The lowest BCUT2D eigenvalue weighted by Gasteiger charge is -2.09. The highest BCUT2D eigenvalue weighted by atomic mass is 16.5. The molecule has 2 aromatic carbocycles. The van der Waals surface area contributed by atoms with Gasteiger partial charge in [0.15, 0.2) is 0 Å². The van der Waals surface area contributed by atoms with Crippen LogP contribution < -0.4 is 4.74 Å². The monoisotopic (exact) mass is 242 g/mol. The van der Waals surface area contributed by atoms with Gasteiger partial charge in [0, 0.05) is 0 Å². The molecule has 3 heteroatoms. The zero-order chi connectivity index (χ0) is 13.0. The molecule has 0 radical (unpaired) electrons. The van der Waals surface area contributed by atoms with Crippen LogP contribution >= 0.6 is 0 Å². The standard InChI is InChI=1S/C15H14O3/c1-2-11-10-13(8-9-14(11)15(16)17)18-12-6-4-3-5-7-12/h3-10H,2H2,1H3,(H,16,17). The highest BCUT2D eigenvalue weighted by Crippen LogP contribution is 2.24. The van der Waals surface area contributed by atoms with Crippen LogP contribution in [0.25, 0.3) is 0 Å². The summed E-state index contributed by atoms with van der Waals surface area (Å²) in [6.07, 6.45) is 0.660. The minimum atomic E-state index is -0.905. The van der Waals surface area contributed by atoms with E-state index in [-0.39, 0.29) is 0 Å². The zero-order valence-corrected chi connectivity index (χ0v) is 10.1. The maximum Gasteiger partial charge on any atom is 0.335 e. The average Bonchev–Trinajstić information content (AvgIpc) is 2.39. The summed E-state index contributed by atoms with van der Waals surface area (Å²) in [7, 11) is 0. The summed E-state index contributed by atoms with van der Waals surface area (Å²) >= 11 is 0. The van der Waals surface area contributed by atoms with Crippen LogP contribution in [0.4, 0.5) is 0 Å². The van der Waals surface area contributed by atoms with E-state index in [1.165, 1.54) is 0 Å². The van der Waals surface area contributed by atoms with Crippen molar-refractivity contribution in [1.29, 1.82) is 0 Å². The Balaban J connectivity index is 2.28. The highest BCUT2D eigenvalue weighted by molar-refractivity contribution is 5.89. The summed E-state index contributed by atoms with van der Waals surface area (Å²) in [4.78, 5) is 11.0. The Morgan fingerprint density at radius 3 is 2.44 bits per heavy atom. The first-order valence-corrected chi connectivity index (χ1v) is 5.80. The molecule has 2 rings (SSSR count). The molecule has 0 unspecified atom stereocenters. The minimum Gasteiger partial charge on any atom is -0.478 e. The van der Waals surface area contributed by atoms with Crippen LogP contribution in [0.15, 0.2) is 48.5 Å². The fourth-order valence-corrected chi connectivity index (χ4v) is 1.76. The molecule has 0 aromatic heterocycles. The topological polar surface area (TPSA) is 46.5 Å². The molecule has 0 atom stereocenters. The van der Waals surface area contributed by atoms with Crippen molar-refractivity contribution >= 4 is 5.97 Å². The predicted molar refractivity (Wildman–Crippen MR) is 69.3 cm³/mol. The third-order valence-corrected chi connectivity index (χ3v) is 2.67. The van der Waals surface area contributed by atoms with Gasteiger partial charge in [-0.3, -0.25) is 0 Å². The molecule has 0 aliphatic heterocycles. The van der Waals surface area contributed by atoms with Crippen molar-refractivity contribution in [2.24, 2.45) is 0 Å². The summed E-state index contributed by atoms with van der Waals surface area (Å²) in [5, 5.41) is 9.04. The van der Waals surface area contributed by atoms with Crippen molar-refractivity contribution in [1.82, 2.24) is 0 Å². The summed E-state index contributed by atoms with van der Waals surface area (Å²) in [6.45, 7) is 1.92. The van der Waals surface area contributed by atoms with E-state index in [9.17, 15) is 4.79 Å². The van der Waals surface area contributed by atoms with Crippen molar-refractivity contribution in [2.45, 2.75) is 13.3 Å². The molecule has 18 heavy (non-hydrogen) atoms. The number of hydrogen-bond acceptors (Lipinski definition) is 2. The molecule has 92 valence electrons. The molecule has 0 amide bonds. The van der Waals surface area contributed by atoms with Gasteiger partial charge in [-0.2, -0.15) is 0 Å². The molecule has 0 bridgehead atoms. The number of aromatic carboxylic acids is 1. The van der Waals surface area contributed by atoms with Gasteiger partial charge in [0.1, 0.15) is 11.5 Å². The molecule has 0 fully saturated rings. The van der Waals surface area contributed by atoms with Crippen LogP contribution in [0, 0.1) is 0 Å². The molecule has 1 N–H and O–H groups in total. The Morgan fingerprint density at radius 1 is 1.11 bits per heavy atom. The Morgan fingerprint density at radius 2 is 1.83 bits per heavy atom. The van der Waals surface area contributed by atoms with Gasteiger partial charge in [-0.15, -0.1) is 0 Å². The Bertz CT molecular complexity index is 547. The first-order chi connectivity index (χ1) is 8.70. The van der Waals surface area contributed by atoms with Gasteiger partial charge in [-0.1, -0.05) is 25.1 Å². The SMILES string of the molecule is CCc1cc(Oc2ccccc2)ccc1C(=O)O. The highest BCUT2D eigenvalue weighted by Gasteiger charge is 2.09. The number of benzene rings is 2. The normalized spacial score (nSPS) is 10.1. The molecule has 0 saturated carbocycles. The van der Waals surface area contributed by atoms with E-state index in [0.717, 1.165) is 11.3 Å². The first-order valence-electron chi connectivity index (χ1n) is 5.80. The van der Waals surface area contributed by atoms with E-state index >= 15 is 0 Å². The van der Waals surface area contributed by atoms with E-state index in [2.05, 4.69) is 0 Å². The van der Waals surface area contributed by atoms with E-state index in [4.69, 9.17) is 9.84 Å². The van der Waals surface area contributed by atoms with E-state index in [1.54, 1.807) is 18.2 Å². The van der Waals surface area contributed by atoms with Gasteiger partial charge in [0.2, 0.25) is 0 Å². The van der Waals surface area contributed by atoms with Crippen LogP contribution in [0.1, 0.15) is 22.8 Å². The molecule has 0 aliphatic rings. The molecule has 3 nitrogen and oxygen atoms in total. The predicted octanol–water partition coefficient (Wildman–Crippen LogP) is 3.74. The van der Waals surface area contributed by atoms with Crippen molar-refractivity contribution < 1.29 is 14.6 Å². The van der Waals surface area contributed by atoms with Gasteiger partial charge in [-0.25, -0.2) is 4.79 Å². The first kappa shape index (κ1) is 12.2. The largest absolute Gasteiger partial charge is 0.478 e. The summed E-state index contributed by atoms with van der Waals surface area (Å²) in [6, 6.07) is 14.4. The number of rotatable bonds is 4. The number of carbonyl (C=O) groups is 1. The summed E-state index contributed by atoms with van der Waals surface area (Å²) in [5.41, 5.74) is 1.11. The number of hydrogen-bond donors (Lipinski definition) is 1. The van der Waals surface area contributed by atoms with Gasteiger partial charge in [-0.05, 0) is 42.3 Å². The van der Waals surface area contributed by atoms with Crippen LogP contribution in [0.3, 0.4) is 0 Å². The van der Waals surface area contributed by atoms with E-state index in [0.29, 0.717) is 17.7 Å². The molecule has 0 saturated heterocycles. The molecular formula is C15H14O3. The number of carboxylic acids is 1. The lowest BCUT2D eigenvalue weighted by molar-refractivity contribution is 0.0695. The van der Waals surface area contributed by atoms with Crippen molar-refractivity contribution in [3.8, 4) is 11.5 Å². The van der Waals surface area contributed by atoms with Crippen LogP contribution in [-0.2, 0) is 6.42 Å². The van der Waals surface area contributed by atoms with Crippen LogP contribution in [0.2, 0.25) is 0 Å². The fourth-order valence-electron chi connectivity index (χ4n) is 1.76. The molecular weight excluding hydrogens is 228 g/mol. The molecule has 2 aromatic rings. The summed E-state index contributed by atoms with van der Waals surface area (Å²) < 4.78 is 5.66. The second-order valence-electron chi connectivity index (χ2n) is 3.89.